The van der Waals surface area contributed by atoms with Crippen molar-refractivity contribution in [2.45, 2.75) is 24.4 Å². The number of nitrogens with zero attached hydrogens (tertiary/aromatic N) is 2. The minimum absolute atomic E-state index is 0.00223. The Bertz CT molecular complexity index is 1350. The fraction of sp³-hybridized carbons (Fsp3) is 0.138. The number of benzene rings is 4. The second kappa shape index (κ2) is 11.4. The first kappa shape index (κ1) is 25.5. The Balaban J connectivity index is 1.48. The van der Waals surface area contributed by atoms with E-state index in [-0.39, 0.29) is 17.2 Å². The van der Waals surface area contributed by atoms with Crippen LogP contribution in [0, 0.1) is 0 Å². The molecule has 0 saturated heterocycles. The first-order valence-electron chi connectivity index (χ1n) is 11.5. The van der Waals surface area contributed by atoms with Crippen molar-refractivity contribution in [1.82, 2.24) is 4.90 Å². The van der Waals surface area contributed by atoms with E-state index in [2.05, 4.69) is 0 Å². The van der Waals surface area contributed by atoms with Gasteiger partial charge in [-0.15, -0.1) is 0 Å². The van der Waals surface area contributed by atoms with Crippen LogP contribution in [0.2, 0.25) is 5.02 Å². The molecule has 0 N–H and O–H groups in total. The van der Waals surface area contributed by atoms with E-state index in [1.165, 1.54) is 23.5 Å². The van der Waals surface area contributed by atoms with Crippen LogP contribution >= 0.6 is 11.6 Å². The van der Waals surface area contributed by atoms with Crippen LogP contribution in [0.3, 0.4) is 0 Å². The van der Waals surface area contributed by atoms with Gasteiger partial charge in [-0.3, -0.25) is 9.10 Å². The largest absolute Gasteiger partial charge is 0.334 e. The quantitative estimate of drug-likeness (QED) is 0.275. The van der Waals surface area contributed by atoms with Crippen LogP contribution in [-0.2, 0) is 34.3 Å². The van der Waals surface area contributed by atoms with Gasteiger partial charge < -0.3 is 4.90 Å². The molecule has 0 aromatic heterocycles. The number of anilines is 1. The Kier molecular flexibility index (Phi) is 8.08. The van der Waals surface area contributed by atoms with Gasteiger partial charge in [0.15, 0.2) is 0 Å². The number of rotatable bonds is 9. The molecule has 36 heavy (non-hydrogen) atoms. The lowest BCUT2D eigenvalue weighted by Crippen LogP contribution is -2.31. The van der Waals surface area contributed by atoms with Crippen molar-refractivity contribution in [1.29, 1.82) is 0 Å². The second-order valence-corrected chi connectivity index (χ2v) is 10.9. The summed E-state index contributed by atoms with van der Waals surface area (Å²) in [5, 5.41) is 0.471. The van der Waals surface area contributed by atoms with Crippen LogP contribution in [0.5, 0.6) is 0 Å². The standard InChI is InChI=1S/C29H27ClN2O3S/c1-31(36(34,35)28-18-14-26(30)15-19-28)27-16-12-23(13-17-27)20-29(33)32(21-24-8-4-2-5-9-24)22-25-10-6-3-7-11-25/h2-19H,20-22H2,1H3. The van der Waals surface area contributed by atoms with E-state index in [0.717, 1.165) is 16.7 Å². The molecule has 0 fully saturated rings. The maximum Gasteiger partial charge on any atom is 0.264 e. The molecule has 4 aromatic carbocycles. The minimum Gasteiger partial charge on any atom is -0.334 e. The molecule has 0 aliphatic rings. The highest BCUT2D eigenvalue weighted by atomic mass is 35.5. The number of carbonyl (C=O) groups is 1. The summed E-state index contributed by atoms with van der Waals surface area (Å²) in [7, 11) is -2.22. The Morgan fingerprint density at radius 3 is 1.69 bits per heavy atom. The molecule has 0 saturated carbocycles. The van der Waals surface area contributed by atoms with Crippen molar-refractivity contribution in [3.8, 4) is 0 Å². The van der Waals surface area contributed by atoms with Gasteiger partial charge in [0.2, 0.25) is 5.91 Å². The maximum absolute atomic E-state index is 13.3. The molecule has 4 aromatic rings. The van der Waals surface area contributed by atoms with E-state index >= 15 is 0 Å². The summed E-state index contributed by atoms with van der Waals surface area (Å²) < 4.78 is 27.2. The van der Waals surface area contributed by atoms with Crippen LogP contribution in [0.15, 0.2) is 114 Å². The average Bonchev–Trinajstić information content (AvgIpc) is 2.90. The first-order valence-corrected chi connectivity index (χ1v) is 13.3. The van der Waals surface area contributed by atoms with Gasteiger partial charge in [-0.1, -0.05) is 84.4 Å². The number of halogens is 1. The molecule has 4 rings (SSSR count). The highest BCUT2D eigenvalue weighted by Gasteiger charge is 2.21. The molecule has 184 valence electrons. The third kappa shape index (κ3) is 6.33. The molecule has 0 radical (unpaired) electrons. The SMILES string of the molecule is CN(c1ccc(CC(=O)N(Cc2ccccc2)Cc2ccccc2)cc1)S(=O)(=O)c1ccc(Cl)cc1. The van der Waals surface area contributed by atoms with E-state index in [1.54, 1.807) is 36.4 Å². The third-order valence-electron chi connectivity index (χ3n) is 5.91. The smallest absolute Gasteiger partial charge is 0.264 e. The van der Waals surface area contributed by atoms with Crippen molar-refractivity contribution in [2.24, 2.45) is 0 Å². The van der Waals surface area contributed by atoms with Gasteiger partial charge in [0.1, 0.15) is 0 Å². The van der Waals surface area contributed by atoms with Crippen molar-refractivity contribution >= 4 is 33.2 Å². The fourth-order valence-electron chi connectivity index (χ4n) is 3.85. The van der Waals surface area contributed by atoms with Crippen molar-refractivity contribution in [3.05, 3.63) is 131 Å². The number of hydrogen-bond donors (Lipinski definition) is 0. The van der Waals surface area contributed by atoms with E-state index in [4.69, 9.17) is 11.6 Å². The molecule has 0 bridgehead atoms. The van der Waals surface area contributed by atoms with Gasteiger partial charge in [0, 0.05) is 25.2 Å². The van der Waals surface area contributed by atoms with Gasteiger partial charge in [-0.2, -0.15) is 0 Å². The van der Waals surface area contributed by atoms with Crippen LogP contribution < -0.4 is 4.31 Å². The molecule has 0 spiro atoms. The monoisotopic (exact) mass is 518 g/mol. The lowest BCUT2D eigenvalue weighted by molar-refractivity contribution is -0.131. The molecule has 1 amide bonds. The maximum atomic E-state index is 13.3. The number of carbonyl (C=O) groups excluding carboxylic acids is 1. The van der Waals surface area contributed by atoms with E-state index in [0.29, 0.717) is 23.8 Å². The van der Waals surface area contributed by atoms with E-state index in [9.17, 15) is 13.2 Å². The number of sulfonamides is 1. The lowest BCUT2D eigenvalue weighted by Gasteiger charge is -2.24. The Labute approximate surface area is 217 Å². The second-order valence-electron chi connectivity index (χ2n) is 8.49. The zero-order chi connectivity index (χ0) is 25.5. The van der Waals surface area contributed by atoms with E-state index in [1.807, 2.05) is 65.6 Å². The predicted octanol–water partition coefficient (Wildman–Crippen LogP) is 5.94. The molecule has 7 heteroatoms. The van der Waals surface area contributed by atoms with Crippen molar-refractivity contribution in [2.75, 3.05) is 11.4 Å². The molecule has 0 heterocycles. The van der Waals surface area contributed by atoms with Crippen LogP contribution in [-0.4, -0.2) is 26.3 Å². The zero-order valence-electron chi connectivity index (χ0n) is 19.9. The highest BCUT2D eigenvalue weighted by molar-refractivity contribution is 7.92. The Morgan fingerprint density at radius 2 is 1.19 bits per heavy atom. The normalized spacial score (nSPS) is 11.2. The van der Waals surface area contributed by atoms with E-state index < -0.39 is 10.0 Å². The lowest BCUT2D eigenvalue weighted by atomic mass is 10.1. The van der Waals surface area contributed by atoms with Gasteiger partial charge in [-0.25, -0.2) is 8.42 Å². The summed E-state index contributed by atoms with van der Waals surface area (Å²) in [6.07, 6.45) is 0.216. The number of amides is 1. The molecular weight excluding hydrogens is 492 g/mol. The minimum atomic E-state index is -3.73. The summed E-state index contributed by atoms with van der Waals surface area (Å²) in [4.78, 5) is 15.3. The van der Waals surface area contributed by atoms with Gasteiger partial charge >= 0.3 is 0 Å². The molecule has 0 atom stereocenters. The molecule has 5 nitrogen and oxygen atoms in total. The Morgan fingerprint density at radius 1 is 0.694 bits per heavy atom. The fourth-order valence-corrected chi connectivity index (χ4v) is 5.17. The van der Waals surface area contributed by atoms with Crippen LogP contribution in [0.25, 0.3) is 0 Å². The molecule has 0 aliphatic carbocycles. The number of hydrogen-bond acceptors (Lipinski definition) is 3. The van der Waals surface area contributed by atoms with Crippen LogP contribution in [0.4, 0.5) is 5.69 Å². The molecule has 0 unspecified atom stereocenters. The summed E-state index contributed by atoms with van der Waals surface area (Å²) in [6, 6.07) is 32.9. The predicted molar refractivity (Wildman–Crippen MR) is 144 cm³/mol. The third-order valence-corrected chi connectivity index (χ3v) is 7.96. The Hall–Kier alpha value is -3.61. The molecule has 0 aliphatic heterocycles. The van der Waals surface area contributed by atoms with Gasteiger partial charge in [-0.05, 0) is 53.1 Å². The summed E-state index contributed by atoms with van der Waals surface area (Å²) in [5.41, 5.74) is 3.44. The van der Waals surface area contributed by atoms with Gasteiger partial charge in [0.25, 0.3) is 10.0 Å². The average molecular weight is 519 g/mol. The summed E-state index contributed by atoms with van der Waals surface area (Å²) in [5.74, 6) is -0.00223. The zero-order valence-corrected chi connectivity index (χ0v) is 21.5. The molecular formula is C29H27ClN2O3S. The highest BCUT2D eigenvalue weighted by Crippen LogP contribution is 2.24. The summed E-state index contributed by atoms with van der Waals surface area (Å²) in [6.45, 7) is 1.02. The van der Waals surface area contributed by atoms with Crippen LogP contribution in [0.1, 0.15) is 16.7 Å². The first-order chi connectivity index (χ1) is 17.3. The van der Waals surface area contributed by atoms with Crippen molar-refractivity contribution < 1.29 is 13.2 Å². The topological polar surface area (TPSA) is 57.7 Å². The van der Waals surface area contributed by atoms with Crippen molar-refractivity contribution in [3.63, 3.8) is 0 Å². The van der Waals surface area contributed by atoms with Gasteiger partial charge in [0.05, 0.1) is 17.0 Å². The summed E-state index contributed by atoms with van der Waals surface area (Å²) >= 11 is 5.89.